The van der Waals surface area contributed by atoms with E-state index in [2.05, 4.69) is 37.3 Å². The van der Waals surface area contributed by atoms with Gasteiger partial charge in [-0.1, -0.05) is 81.8 Å². The Labute approximate surface area is 152 Å². The summed E-state index contributed by atoms with van der Waals surface area (Å²) >= 11 is 0. The second kappa shape index (κ2) is 8.86. The van der Waals surface area contributed by atoms with Crippen molar-refractivity contribution in [3.8, 4) is 17.2 Å². The summed E-state index contributed by atoms with van der Waals surface area (Å²) in [4.78, 5) is 0. The Morgan fingerprint density at radius 1 is 0.800 bits per heavy atom. The fourth-order valence-corrected chi connectivity index (χ4v) is 4.19. The van der Waals surface area contributed by atoms with E-state index >= 15 is 0 Å². The Morgan fingerprint density at radius 3 is 1.84 bits per heavy atom. The maximum absolute atomic E-state index is 8.89. The highest BCUT2D eigenvalue weighted by atomic mass is 14.3. The molecule has 2 aromatic carbocycles. The van der Waals surface area contributed by atoms with Crippen molar-refractivity contribution in [2.75, 3.05) is 0 Å². The van der Waals surface area contributed by atoms with Gasteiger partial charge in [-0.15, -0.1) is 0 Å². The number of nitriles is 1. The van der Waals surface area contributed by atoms with Crippen molar-refractivity contribution < 1.29 is 0 Å². The van der Waals surface area contributed by atoms with Crippen LogP contribution >= 0.6 is 0 Å². The molecule has 130 valence electrons. The first-order valence-corrected chi connectivity index (χ1v) is 9.88. The zero-order valence-electron chi connectivity index (χ0n) is 15.4. The van der Waals surface area contributed by atoms with Crippen molar-refractivity contribution in [2.45, 2.75) is 58.3 Å². The molecule has 0 spiro atoms. The average molecular weight is 332 g/mol. The predicted molar refractivity (Wildman–Crippen MR) is 105 cm³/mol. The van der Waals surface area contributed by atoms with Gasteiger partial charge in [0.05, 0.1) is 11.6 Å². The minimum Gasteiger partial charge on any atom is -0.192 e. The number of aryl methyl sites for hydroxylation is 1. The molecule has 0 N–H and O–H groups in total. The number of hydrogen-bond donors (Lipinski definition) is 0. The lowest BCUT2D eigenvalue weighted by Crippen LogP contribution is -2.15. The maximum Gasteiger partial charge on any atom is 0.0991 e. The molecule has 0 unspecified atom stereocenters. The van der Waals surface area contributed by atoms with Crippen molar-refractivity contribution in [3.63, 3.8) is 0 Å². The lowest BCUT2D eigenvalue weighted by molar-refractivity contribution is 0.252. The molecule has 0 heterocycles. The van der Waals surface area contributed by atoms with E-state index in [0.717, 1.165) is 11.8 Å². The Balaban J connectivity index is 1.50. The fraction of sp³-hybridized carbons (Fsp3) is 0.458. The van der Waals surface area contributed by atoms with E-state index < -0.39 is 0 Å². The lowest BCUT2D eigenvalue weighted by atomic mass is 9.78. The standard InChI is InChI=1S/C24H29N/c1-2-3-19-4-6-20(7-5-19)8-9-21-10-14-23(15-11-21)24-16-12-22(18-25)13-17-24/h10-17,19-20H,2-9H2,1H3/t19-,20-. The first-order valence-electron chi connectivity index (χ1n) is 9.88. The zero-order valence-corrected chi connectivity index (χ0v) is 15.4. The highest BCUT2D eigenvalue weighted by Gasteiger charge is 2.20. The monoisotopic (exact) mass is 331 g/mol. The third kappa shape index (κ3) is 4.95. The molecule has 0 atom stereocenters. The molecule has 25 heavy (non-hydrogen) atoms. The highest BCUT2D eigenvalue weighted by molar-refractivity contribution is 5.64. The first-order chi connectivity index (χ1) is 12.3. The molecule has 1 fully saturated rings. The zero-order chi connectivity index (χ0) is 17.5. The number of hydrogen-bond acceptors (Lipinski definition) is 1. The Bertz CT molecular complexity index is 682. The van der Waals surface area contributed by atoms with Crippen LogP contribution in [0.1, 0.15) is 63.0 Å². The minimum absolute atomic E-state index is 0.717. The molecule has 1 nitrogen and oxygen atoms in total. The maximum atomic E-state index is 8.89. The summed E-state index contributed by atoms with van der Waals surface area (Å²) < 4.78 is 0. The van der Waals surface area contributed by atoms with Crippen LogP contribution in [0.4, 0.5) is 0 Å². The smallest absolute Gasteiger partial charge is 0.0991 e. The van der Waals surface area contributed by atoms with Crippen molar-refractivity contribution in [2.24, 2.45) is 11.8 Å². The summed E-state index contributed by atoms with van der Waals surface area (Å²) in [6.45, 7) is 2.31. The fourth-order valence-electron chi connectivity index (χ4n) is 4.19. The Morgan fingerprint density at radius 2 is 1.32 bits per heavy atom. The van der Waals surface area contributed by atoms with Crippen LogP contribution in [0.3, 0.4) is 0 Å². The summed E-state index contributed by atoms with van der Waals surface area (Å²) in [6.07, 6.45) is 11.1. The average Bonchev–Trinajstić information content (AvgIpc) is 2.68. The third-order valence-corrected chi connectivity index (χ3v) is 5.81. The largest absolute Gasteiger partial charge is 0.192 e. The van der Waals surface area contributed by atoms with E-state index in [9.17, 15) is 0 Å². The number of nitrogens with zero attached hydrogens (tertiary/aromatic N) is 1. The van der Waals surface area contributed by atoms with E-state index in [4.69, 9.17) is 5.26 Å². The summed E-state index contributed by atoms with van der Waals surface area (Å²) in [5.74, 6) is 1.94. The van der Waals surface area contributed by atoms with Gasteiger partial charge in [-0.2, -0.15) is 5.26 Å². The van der Waals surface area contributed by atoms with Crippen LogP contribution in [0.25, 0.3) is 11.1 Å². The SMILES string of the molecule is CCC[C@H]1CC[C@H](CCc2ccc(-c3ccc(C#N)cc3)cc2)CC1. The van der Waals surface area contributed by atoms with Gasteiger partial charge in [0.15, 0.2) is 0 Å². The molecule has 2 aromatic rings. The molecule has 1 heteroatoms. The normalized spacial score (nSPS) is 20.2. The van der Waals surface area contributed by atoms with Crippen LogP contribution in [0, 0.1) is 23.2 Å². The van der Waals surface area contributed by atoms with Gasteiger partial charge < -0.3 is 0 Å². The van der Waals surface area contributed by atoms with Gasteiger partial charge in [0.25, 0.3) is 0 Å². The molecule has 1 aliphatic rings. The van der Waals surface area contributed by atoms with Gasteiger partial charge in [-0.25, -0.2) is 0 Å². The van der Waals surface area contributed by atoms with E-state index in [1.807, 2.05) is 24.3 Å². The van der Waals surface area contributed by atoms with Crippen molar-refractivity contribution in [3.05, 3.63) is 59.7 Å². The van der Waals surface area contributed by atoms with Crippen molar-refractivity contribution in [1.29, 1.82) is 5.26 Å². The predicted octanol–water partition coefficient (Wildman–Crippen LogP) is 6.76. The van der Waals surface area contributed by atoms with Crippen LogP contribution in [0.15, 0.2) is 48.5 Å². The Kier molecular flexibility index (Phi) is 6.29. The van der Waals surface area contributed by atoms with E-state index in [-0.39, 0.29) is 0 Å². The second-order valence-electron chi connectivity index (χ2n) is 7.60. The minimum atomic E-state index is 0.717. The molecule has 0 saturated heterocycles. The van der Waals surface area contributed by atoms with Crippen LogP contribution in [-0.2, 0) is 6.42 Å². The number of benzene rings is 2. The first kappa shape index (κ1) is 17.7. The van der Waals surface area contributed by atoms with E-state index in [0.29, 0.717) is 5.56 Å². The molecular weight excluding hydrogens is 302 g/mol. The van der Waals surface area contributed by atoms with Gasteiger partial charge in [0.1, 0.15) is 0 Å². The van der Waals surface area contributed by atoms with E-state index in [1.54, 1.807) is 0 Å². The Hall–Kier alpha value is -2.07. The summed E-state index contributed by atoms with van der Waals surface area (Å²) in [5.41, 5.74) is 4.58. The van der Waals surface area contributed by atoms with Crippen LogP contribution in [0.2, 0.25) is 0 Å². The molecule has 0 bridgehead atoms. The van der Waals surface area contributed by atoms with Gasteiger partial charge in [-0.05, 0) is 53.5 Å². The highest BCUT2D eigenvalue weighted by Crippen LogP contribution is 2.34. The summed E-state index contributed by atoms with van der Waals surface area (Å²) in [6, 6.07) is 19.0. The quantitative estimate of drug-likeness (QED) is 0.573. The summed E-state index contributed by atoms with van der Waals surface area (Å²) in [5, 5.41) is 8.89. The van der Waals surface area contributed by atoms with Crippen LogP contribution in [0.5, 0.6) is 0 Å². The van der Waals surface area contributed by atoms with Crippen molar-refractivity contribution in [1.82, 2.24) is 0 Å². The molecule has 1 saturated carbocycles. The molecular formula is C24H29N. The molecule has 0 amide bonds. The molecule has 3 rings (SSSR count). The van der Waals surface area contributed by atoms with Crippen LogP contribution in [-0.4, -0.2) is 0 Å². The lowest BCUT2D eigenvalue weighted by Gasteiger charge is -2.28. The number of rotatable bonds is 6. The van der Waals surface area contributed by atoms with Gasteiger partial charge in [0.2, 0.25) is 0 Å². The molecule has 1 aliphatic carbocycles. The van der Waals surface area contributed by atoms with Crippen molar-refractivity contribution >= 4 is 0 Å². The molecule has 0 aromatic heterocycles. The second-order valence-corrected chi connectivity index (χ2v) is 7.60. The third-order valence-electron chi connectivity index (χ3n) is 5.81. The van der Waals surface area contributed by atoms with E-state index in [1.165, 1.54) is 68.1 Å². The summed E-state index contributed by atoms with van der Waals surface area (Å²) in [7, 11) is 0. The van der Waals surface area contributed by atoms with Gasteiger partial charge in [0, 0.05) is 0 Å². The molecule has 0 radical (unpaired) electrons. The molecule has 0 aliphatic heterocycles. The van der Waals surface area contributed by atoms with Gasteiger partial charge in [-0.3, -0.25) is 0 Å². The van der Waals surface area contributed by atoms with Crippen LogP contribution < -0.4 is 0 Å². The topological polar surface area (TPSA) is 23.8 Å². The van der Waals surface area contributed by atoms with Gasteiger partial charge >= 0.3 is 0 Å².